The predicted octanol–water partition coefficient (Wildman–Crippen LogP) is 1.87. The Bertz CT molecular complexity index is 236. The molecule has 1 aliphatic rings. The lowest BCUT2D eigenvalue weighted by Crippen LogP contribution is -1.62. The van der Waals surface area contributed by atoms with Crippen LogP contribution in [-0.4, -0.2) is 6.08 Å². The summed E-state index contributed by atoms with van der Waals surface area (Å²) < 4.78 is 27.4. The first-order valence-corrected chi connectivity index (χ1v) is 3.78. The van der Waals surface area contributed by atoms with E-state index in [9.17, 15) is 13.6 Å². The fourth-order valence-corrected chi connectivity index (χ4v) is 1.49. The Morgan fingerprint density at radius 1 is 1.40 bits per heavy atom. The van der Waals surface area contributed by atoms with Crippen LogP contribution in [0.25, 0.3) is 0 Å². The molecule has 10 heavy (non-hydrogen) atoms. The Hall–Kier alpha value is -0.930. The summed E-state index contributed by atoms with van der Waals surface area (Å²) >= 11 is -1.40. The van der Waals surface area contributed by atoms with Crippen molar-refractivity contribution in [3.05, 3.63) is 22.5 Å². The highest BCUT2D eigenvalue weighted by Crippen LogP contribution is 2.41. The van der Waals surface area contributed by atoms with Gasteiger partial charge in [0.15, 0.2) is 11.7 Å². The second-order valence-electron chi connectivity index (χ2n) is 1.53. The molecule has 0 spiro atoms. The fourth-order valence-electron chi connectivity index (χ4n) is 0.498. The molecule has 54 valence electrons. The molecule has 0 unspecified atom stereocenters. The van der Waals surface area contributed by atoms with Crippen LogP contribution in [-0.2, 0) is 4.79 Å². The van der Waals surface area contributed by atoms with Gasteiger partial charge in [-0.3, -0.25) is 0 Å². The van der Waals surface area contributed by atoms with Crippen LogP contribution in [0, 0.1) is 0 Å². The highest BCUT2D eigenvalue weighted by Gasteiger charge is 2.13. The van der Waals surface area contributed by atoms with Gasteiger partial charge in [0.1, 0.15) is 0 Å². The molecular formula is C5H3F2NOS. The molecule has 1 aliphatic heterocycles. The summed E-state index contributed by atoms with van der Waals surface area (Å²) in [6, 6.07) is 0. The highest BCUT2D eigenvalue weighted by atomic mass is 32.2. The van der Waals surface area contributed by atoms with Gasteiger partial charge in [-0.25, -0.2) is 13.6 Å². The van der Waals surface area contributed by atoms with Crippen LogP contribution < -0.4 is 0 Å². The number of halogens is 2. The van der Waals surface area contributed by atoms with Gasteiger partial charge >= 0.3 is 0 Å². The molecule has 0 saturated carbocycles. The van der Waals surface area contributed by atoms with E-state index in [1.54, 1.807) is 0 Å². The van der Waals surface area contributed by atoms with Crippen molar-refractivity contribution in [3.8, 4) is 0 Å². The van der Waals surface area contributed by atoms with Gasteiger partial charge in [0, 0.05) is 10.8 Å². The van der Waals surface area contributed by atoms with Crippen molar-refractivity contribution in [1.29, 1.82) is 0 Å². The summed E-state index contributed by atoms with van der Waals surface area (Å²) in [6.45, 7) is 0. The molecule has 5 heteroatoms. The van der Waals surface area contributed by atoms with E-state index in [0.717, 1.165) is 10.8 Å². The maximum absolute atomic E-state index is 12.1. The van der Waals surface area contributed by atoms with Gasteiger partial charge in [0.2, 0.25) is 6.08 Å². The quantitative estimate of drug-likeness (QED) is 0.357. The number of allylic oxidation sites excluding steroid dienone is 2. The zero-order valence-electron chi connectivity index (χ0n) is 4.71. The zero-order chi connectivity index (χ0) is 7.56. The van der Waals surface area contributed by atoms with Crippen molar-refractivity contribution in [2.24, 2.45) is 4.40 Å². The molecule has 0 radical (unpaired) electrons. The van der Waals surface area contributed by atoms with Crippen molar-refractivity contribution in [2.45, 2.75) is 0 Å². The van der Waals surface area contributed by atoms with Crippen molar-refractivity contribution in [1.82, 2.24) is 0 Å². The van der Waals surface area contributed by atoms with Crippen LogP contribution in [0.15, 0.2) is 26.9 Å². The van der Waals surface area contributed by atoms with Crippen molar-refractivity contribution in [2.75, 3.05) is 0 Å². The Morgan fingerprint density at radius 2 is 1.90 bits per heavy atom. The van der Waals surface area contributed by atoms with Crippen LogP contribution in [0.3, 0.4) is 0 Å². The third-order valence-electron chi connectivity index (χ3n) is 0.876. The third kappa shape index (κ3) is 1.32. The van der Waals surface area contributed by atoms with Crippen LogP contribution in [0.4, 0.5) is 8.78 Å². The van der Waals surface area contributed by atoms with Gasteiger partial charge in [0.25, 0.3) is 0 Å². The monoisotopic (exact) mass is 163 g/mol. The van der Waals surface area contributed by atoms with Gasteiger partial charge in [-0.05, 0) is 0 Å². The summed E-state index contributed by atoms with van der Waals surface area (Å²) in [4.78, 5) is 9.60. The largest absolute Gasteiger partial charge is 0.246 e. The molecule has 0 aliphatic carbocycles. The van der Waals surface area contributed by atoms with Gasteiger partial charge in [0.05, 0.1) is 0 Å². The van der Waals surface area contributed by atoms with Crippen molar-refractivity contribution < 1.29 is 13.6 Å². The van der Waals surface area contributed by atoms with Crippen molar-refractivity contribution in [3.63, 3.8) is 0 Å². The topological polar surface area (TPSA) is 29.4 Å². The van der Waals surface area contributed by atoms with Crippen molar-refractivity contribution >= 4 is 17.2 Å². The van der Waals surface area contributed by atoms with E-state index in [1.165, 1.54) is 6.08 Å². The fraction of sp³-hybridized carbons (Fsp3) is 0. The number of rotatable bonds is 1. The molecule has 0 N–H and O–H groups in total. The lowest BCUT2D eigenvalue weighted by atomic mass is 10.6. The Balaban J connectivity index is 2.82. The second-order valence-corrected chi connectivity index (χ2v) is 3.00. The summed E-state index contributed by atoms with van der Waals surface area (Å²) in [5.74, 6) is -1.88. The summed E-state index contributed by atoms with van der Waals surface area (Å²) in [7, 11) is 0. The first kappa shape index (κ1) is 7.18. The van der Waals surface area contributed by atoms with Gasteiger partial charge in [-0.15, -0.1) is 0 Å². The first-order valence-electron chi connectivity index (χ1n) is 2.35. The average molecular weight is 163 g/mol. The molecule has 0 saturated heterocycles. The maximum Gasteiger partial charge on any atom is 0.246 e. The van der Waals surface area contributed by atoms with E-state index in [4.69, 9.17) is 0 Å². The molecular weight excluding hydrogens is 160 g/mol. The minimum Gasteiger partial charge on any atom is -0.210 e. The van der Waals surface area contributed by atoms with Gasteiger partial charge < -0.3 is 0 Å². The number of thiol groups is 1. The van der Waals surface area contributed by atoms with Crippen LogP contribution in [0.2, 0.25) is 0 Å². The first-order chi connectivity index (χ1) is 4.74. The summed E-state index contributed by atoms with van der Waals surface area (Å²) in [5.41, 5.74) is 0. The zero-order valence-corrected chi connectivity index (χ0v) is 5.61. The minimum absolute atomic E-state index is 0.940. The summed E-state index contributed by atoms with van der Waals surface area (Å²) in [5, 5.41) is 1.94. The molecule has 0 fully saturated rings. The van der Waals surface area contributed by atoms with E-state index in [0.29, 0.717) is 0 Å². The lowest BCUT2D eigenvalue weighted by Gasteiger charge is -1.92. The predicted molar refractivity (Wildman–Crippen MR) is 35.5 cm³/mol. The molecule has 1 rings (SSSR count). The maximum atomic E-state index is 12.1. The Kier molecular flexibility index (Phi) is 1.99. The molecule has 0 aromatic heterocycles. The average Bonchev–Trinajstić information content (AvgIpc) is 2.14. The van der Waals surface area contributed by atoms with Crippen LogP contribution >= 0.6 is 11.1 Å². The minimum atomic E-state index is -1.40. The molecule has 0 amide bonds. The molecule has 1 heterocycles. The number of nitrogens with zero attached hydrogens (tertiary/aromatic N) is 1. The molecule has 0 aromatic carbocycles. The molecule has 0 atom stereocenters. The van der Waals surface area contributed by atoms with E-state index in [-0.39, 0.29) is 0 Å². The Labute approximate surface area is 58.4 Å². The van der Waals surface area contributed by atoms with E-state index in [2.05, 4.69) is 4.40 Å². The van der Waals surface area contributed by atoms with Crippen LogP contribution in [0.1, 0.15) is 0 Å². The normalized spacial score (nSPS) is 19.6. The highest BCUT2D eigenvalue weighted by molar-refractivity contribution is 8.21. The number of hydrogen-bond donors (Lipinski definition) is 1. The van der Waals surface area contributed by atoms with E-state index < -0.39 is 22.7 Å². The van der Waals surface area contributed by atoms with E-state index in [1.807, 2.05) is 0 Å². The Morgan fingerprint density at radius 3 is 2.30 bits per heavy atom. The number of carbonyl (C=O) groups excluding carboxylic acids is 1. The molecule has 0 aromatic rings. The number of hydrogen-bond acceptors (Lipinski definition) is 2. The van der Waals surface area contributed by atoms with Gasteiger partial charge in [-0.1, -0.05) is 11.1 Å². The van der Waals surface area contributed by atoms with Crippen LogP contribution in [0.5, 0.6) is 0 Å². The standard InChI is InChI=1S/C5H3F2NOS/c6-4-1-10(8-3-9)2-5(4)7/h1-2,10H. The molecule has 0 bridgehead atoms. The smallest absolute Gasteiger partial charge is 0.210 e. The lowest BCUT2D eigenvalue weighted by molar-refractivity contribution is 0.551. The second kappa shape index (κ2) is 2.77. The SMILES string of the molecule is O=C=N[SH]1C=C(F)C(F)=C1. The van der Waals surface area contributed by atoms with Gasteiger partial charge in [-0.2, -0.15) is 4.40 Å². The summed E-state index contributed by atoms with van der Waals surface area (Å²) in [6.07, 6.45) is 1.23. The molecule has 2 nitrogen and oxygen atoms in total. The van der Waals surface area contributed by atoms with E-state index >= 15 is 0 Å². The third-order valence-corrected chi connectivity index (χ3v) is 2.17. The number of isocyanates is 1.